The van der Waals surface area contributed by atoms with E-state index in [9.17, 15) is 9.59 Å². The Balaban J connectivity index is 1.77. The maximum Gasteiger partial charge on any atom is 0.262 e. The number of thioether (sulfide) groups is 1. The lowest BCUT2D eigenvalue weighted by molar-refractivity contribution is -0.121. The third-order valence-electron chi connectivity index (χ3n) is 5.89. The number of aromatic nitrogens is 2. The van der Waals surface area contributed by atoms with E-state index in [-0.39, 0.29) is 28.9 Å². The third kappa shape index (κ3) is 6.32. The van der Waals surface area contributed by atoms with Gasteiger partial charge in [0.05, 0.1) is 22.3 Å². The quantitative estimate of drug-likeness (QED) is 0.352. The van der Waals surface area contributed by atoms with Crippen LogP contribution in [-0.2, 0) is 16.1 Å². The summed E-state index contributed by atoms with van der Waals surface area (Å²) in [5, 5.41) is 4.09. The molecule has 3 rings (SSSR count). The Hall–Kier alpha value is -1.86. The lowest BCUT2D eigenvalue weighted by Crippen LogP contribution is -2.44. The number of fused-ring (bicyclic) bond motifs is 1. The van der Waals surface area contributed by atoms with E-state index < -0.39 is 0 Å². The van der Waals surface area contributed by atoms with E-state index in [0.29, 0.717) is 41.5 Å². The molecular formula is C24H35N3O3S. The maximum atomic E-state index is 13.2. The lowest BCUT2D eigenvalue weighted by atomic mass is 9.86. The summed E-state index contributed by atoms with van der Waals surface area (Å²) in [6, 6.07) is 7.63. The molecule has 1 saturated carbocycles. The zero-order valence-electron chi connectivity index (χ0n) is 19.1. The second-order valence-electron chi connectivity index (χ2n) is 8.78. The topological polar surface area (TPSA) is 73.2 Å². The van der Waals surface area contributed by atoms with Crippen molar-refractivity contribution in [1.82, 2.24) is 14.9 Å². The maximum absolute atomic E-state index is 13.2. The molecule has 1 fully saturated rings. The van der Waals surface area contributed by atoms with E-state index in [4.69, 9.17) is 9.72 Å². The largest absolute Gasteiger partial charge is 0.379 e. The highest BCUT2D eigenvalue weighted by Gasteiger charge is 2.26. The Morgan fingerprint density at radius 3 is 2.74 bits per heavy atom. The lowest BCUT2D eigenvalue weighted by Gasteiger charge is -2.30. The molecule has 0 saturated heterocycles. The third-order valence-corrected chi connectivity index (χ3v) is 6.98. The van der Waals surface area contributed by atoms with Gasteiger partial charge < -0.3 is 10.1 Å². The molecule has 3 atom stereocenters. The first kappa shape index (κ1) is 23.8. The van der Waals surface area contributed by atoms with Gasteiger partial charge in [0.1, 0.15) is 0 Å². The van der Waals surface area contributed by atoms with Gasteiger partial charge in [0, 0.05) is 19.2 Å². The van der Waals surface area contributed by atoms with Gasteiger partial charge in [-0.2, -0.15) is 0 Å². The molecule has 1 aromatic carbocycles. The molecule has 2 aromatic rings. The van der Waals surface area contributed by atoms with Gasteiger partial charge in [0.25, 0.3) is 5.56 Å². The van der Waals surface area contributed by atoms with E-state index in [0.717, 1.165) is 12.8 Å². The Labute approximate surface area is 189 Å². The molecule has 1 aliphatic carbocycles. The summed E-state index contributed by atoms with van der Waals surface area (Å²) in [4.78, 5) is 30.8. The monoisotopic (exact) mass is 445 g/mol. The molecule has 1 aliphatic rings. The number of amides is 1. The fourth-order valence-corrected chi connectivity index (χ4v) is 4.96. The van der Waals surface area contributed by atoms with Crippen LogP contribution in [0.4, 0.5) is 0 Å². The molecule has 1 N–H and O–H groups in total. The van der Waals surface area contributed by atoms with Crippen LogP contribution in [-0.4, -0.2) is 39.5 Å². The fraction of sp³-hybridized carbons (Fsp3) is 0.625. The number of rotatable bonds is 9. The molecule has 7 heteroatoms. The van der Waals surface area contributed by atoms with Crippen LogP contribution in [0.25, 0.3) is 10.9 Å². The van der Waals surface area contributed by atoms with Gasteiger partial charge in [-0.25, -0.2) is 4.98 Å². The number of benzene rings is 1. The van der Waals surface area contributed by atoms with Crippen LogP contribution in [0.15, 0.2) is 34.2 Å². The van der Waals surface area contributed by atoms with Crippen LogP contribution in [0.5, 0.6) is 0 Å². The molecule has 0 radical (unpaired) electrons. The Bertz CT molecular complexity index is 943. The van der Waals surface area contributed by atoms with Crippen LogP contribution in [0, 0.1) is 5.92 Å². The Kier molecular flexibility index (Phi) is 8.55. The highest BCUT2D eigenvalue weighted by atomic mass is 32.2. The standard InChI is InChI=1S/C24H35N3O3S/c1-16(2)30-15-9-14-27-23(29)19-11-6-8-13-21(19)26-24(27)31-18(4)22(28)25-20-12-7-5-10-17(20)3/h6,8,11,13,16-18,20H,5,7,9-10,12,14-15H2,1-4H3,(H,25,28). The van der Waals surface area contributed by atoms with Crippen LogP contribution in [0.1, 0.15) is 59.8 Å². The zero-order valence-corrected chi connectivity index (χ0v) is 19.9. The van der Waals surface area contributed by atoms with Gasteiger partial charge in [-0.15, -0.1) is 0 Å². The number of nitrogens with one attached hydrogen (secondary N) is 1. The van der Waals surface area contributed by atoms with Crippen molar-refractivity contribution >= 4 is 28.6 Å². The number of ether oxygens (including phenoxy) is 1. The van der Waals surface area contributed by atoms with Crippen LogP contribution >= 0.6 is 11.8 Å². The van der Waals surface area contributed by atoms with Crippen molar-refractivity contribution < 1.29 is 9.53 Å². The summed E-state index contributed by atoms with van der Waals surface area (Å²) in [5.41, 5.74) is 0.601. The van der Waals surface area contributed by atoms with Crippen LogP contribution in [0.2, 0.25) is 0 Å². The predicted octanol–water partition coefficient (Wildman–Crippen LogP) is 4.39. The van der Waals surface area contributed by atoms with Gasteiger partial charge in [-0.3, -0.25) is 14.2 Å². The molecule has 0 spiro atoms. The summed E-state index contributed by atoms with van der Waals surface area (Å²) in [7, 11) is 0. The predicted molar refractivity (Wildman–Crippen MR) is 127 cm³/mol. The van der Waals surface area contributed by atoms with E-state index in [1.165, 1.54) is 24.6 Å². The highest BCUT2D eigenvalue weighted by Crippen LogP contribution is 2.26. The van der Waals surface area contributed by atoms with Crippen molar-refractivity contribution in [2.75, 3.05) is 6.61 Å². The molecule has 1 amide bonds. The van der Waals surface area contributed by atoms with Crippen molar-refractivity contribution in [3.63, 3.8) is 0 Å². The van der Waals surface area contributed by atoms with E-state index in [1.54, 1.807) is 10.6 Å². The molecule has 6 nitrogen and oxygen atoms in total. The highest BCUT2D eigenvalue weighted by molar-refractivity contribution is 8.00. The Morgan fingerprint density at radius 1 is 1.26 bits per heavy atom. The van der Waals surface area contributed by atoms with E-state index >= 15 is 0 Å². The number of carbonyl (C=O) groups is 1. The number of para-hydroxylation sites is 1. The molecular weight excluding hydrogens is 410 g/mol. The summed E-state index contributed by atoms with van der Waals surface area (Å²) < 4.78 is 7.34. The number of carbonyl (C=O) groups excluding carboxylic acids is 1. The number of hydrogen-bond acceptors (Lipinski definition) is 5. The van der Waals surface area contributed by atoms with Gasteiger partial charge >= 0.3 is 0 Å². The molecule has 1 aromatic heterocycles. The van der Waals surface area contributed by atoms with E-state index in [2.05, 4.69) is 12.2 Å². The number of nitrogens with zero attached hydrogens (tertiary/aromatic N) is 2. The number of hydrogen-bond donors (Lipinski definition) is 1. The van der Waals surface area contributed by atoms with Gasteiger partial charge in [0.2, 0.25) is 5.91 Å². The molecule has 170 valence electrons. The van der Waals surface area contributed by atoms with Crippen LogP contribution < -0.4 is 10.9 Å². The first-order valence-electron chi connectivity index (χ1n) is 11.4. The molecule has 31 heavy (non-hydrogen) atoms. The van der Waals surface area contributed by atoms with Gasteiger partial charge in [0.15, 0.2) is 5.16 Å². The van der Waals surface area contributed by atoms with Gasteiger partial charge in [-0.1, -0.05) is 43.7 Å². The molecule has 1 heterocycles. The van der Waals surface area contributed by atoms with Gasteiger partial charge in [-0.05, 0) is 58.1 Å². The smallest absolute Gasteiger partial charge is 0.262 e. The molecule has 3 unspecified atom stereocenters. The molecule has 0 aliphatic heterocycles. The summed E-state index contributed by atoms with van der Waals surface area (Å²) in [5.74, 6) is 0.522. The summed E-state index contributed by atoms with van der Waals surface area (Å²) in [6.07, 6.45) is 5.49. The van der Waals surface area contributed by atoms with Crippen molar-refractivity contribution in [2.24, 2.45) is 5.92 Å². The SMILES string of the molecule is CC(C)OCCCn1c(SC(C)C(=O)NC2CCCCC2C)nc2ccccc2c1=O. The zero-order chi connectivity index (χ0) is 22.4. The minimum atomic E-state index is -0.333. The van der Waals surface area contributed by atoms with Crippen molar-refractivity contribution in [1.29, 1.82) is 0 Å². The second kappa shape index (κ2) is 11.1. The normalized spacial score (nSPS) is 20.2. The minimum Gasteiger partial charge on any atom is -0.379 e. The first-order chi connectivity index (χ1) is 14.9. The molecule has 0 bridgehead atoms. The van der Waals surface area contributed by atoms with Crippen molar-refractivity contribution in [3.8, 4) is 0 Å². The average Bonchev–Trinajstić information content (AvgIpc) is 2.74. The fourth-order valence-electron chi connectivity index (χ4n) is 4.02. The van der Waals surface area contributed by atoms with Crippen molar-refractivity contribution in [3.05, 3.63) is 34.6 Å². The second-order valence-corrected chi connectivity index (χ2v) is 10.1. The van der Waals surface area contributed by atoms with Crippen LogP contribution in [0.3, 0.4) is 0 Å². The first-order valence-corrected chi connectivity index (χ1v) is 12.3. The van der Waals surface area contributed by atoms with E-state index in [1.807, 2.05) is 39.0 Å². The average molecular weight is 446 g/mol. The summed E-state index contributed by atoms with van der Waals surface area (Å²) in [6.45, 7) is 9.19. The Morgan fingerprint density at radius 2 is 2.00 bits per heavy atom. The summed E-state index contributed by atoms with van der Waals surface area (Å²) >= 11 is 1.36. The minimum absolute atomic E-state index is 0.0147. The van der Waals surface area contributed by atoms with Crippen molar-refractivity contribution in [2.45, 2.75) is 88.9 Å².